The number of ketones is 1. The number of carbonyl (C=O) groups excluding carboxylic acids is 3. The smallest absolute Gasteiger partial charge is 0.323 e. The number of hydrogen-bond donors (Lipinski definition) is 3. The summed E-state index contributed by atoms with van der Waals surface area (Å²) < 4.78 is 5.87. The molecule has 0 unspecified atom stereocenters. The van der Waals surface area contributed by atoms with Crippen LogP contribution in [0.3, 0.4) is 0 Å². The van der Waals surface area contributed by atoms with Crippen molar-refractivity contribution in [3.63, 3.8) is 0 Å². The first-order valence-corrected chi connectivity index (χ1v) is 13.5. The summed E-state index contributed by atoms with van der Waals surface area (Å²) in [5, 5.41) is 15.2. The first-order chi connectivity index (χ1) is 17.1. The van der Waals surface area contributed by atoms with Crippen molar-refractivity contribution >= 4 is 17.7 Å². The Kier molecular flexibility index (Phi) is 11.7. The van der Waals surface area contributed by atoms with Crippen LogP contribution in [0.2, 0.25) is 0 Å². The number of hydrogen-bond acceptors (Lipinski definition) is 6. The molecule has 7 heteroatoms. The van der Waals surface area contributed by atoms with Crippen molar-refractivity contribution in [1.82, 2.24) is 10.6 Å². The number of aliphatic hydroxyl groups is 1. The first kappa shape index (κ1) is 27.3. The molecule has 0 aromatic heterocycles. The Morgan fingerprint density at radius 1 is 0.971 bits per heavy atom. The fourth-order valence-electron chi connectivity index (χ4n) is 5.21. The zero-order chi connectivity index (χ0) is 24.9. The third kappa shape index (κ3) is 9.37. The lowest BCUT2D eigenvalue weighted by molar-refractivity contribution is -0.153. The highest BCUT2D eigenvalue weighted by Gasteiger charge is 2.32. The summed E-state index contributed by atoms with van der Waals surface area (Å²) in [6.07, 6.45) is 12.7. The van der Waals surface area contributed by atoms with E-state index in [0.717, 1.165) is 76.2 Å². The van der Waals surface area contributed by atoms with Gasteiger partial charge in [-0.05, 0) is 75.0 Å². The van der Waals surface area contributed by atoms with Crippen molar-refractivity contribution in [2.75, 3.05) is 13.2 Å². The largest absolute Gasteiger partial charge is 0.461 e. The molecule has 3 N–H and O–H groups in total. The highest BCUT2D eigenvalue weighted by molar-refractivity contribution is 5.94. The molecule has 0 aliphatic heterocycles. The number of amides is 1. The SMILES string of the molecule is O=C(CO)CCCCCNC(=O)c1cccc(CN[C@H](C(=O)OC2CCCC2)C2CCCCC2)c1. The normalized spacial score (nSPS) is 17.7. The molecular formula is C28H42N2O5. The first-order valence-electron chi connectivity index (χ1n) is 13.5. The molecule has 3 rings (SSSR count). The van der Waals surface area contributed by atoms with E-state index in [4.69, 9.17) is 9.84 Å². The van der Waals surface area contributed by atoms with E-state index < -0.39 is 6.61 Å². The lowest BCUT2D eigenvalue weighted by Crippen LogP contribution is -2.45. The molecule has 0 saturated heterocycles. The molecule has 1 atom stereocenters. The quantitative estimate of drug-likeness (QED) is 0.271. The van der Waals surface area contributed by atoms with Gasteiger partial charge in [-0.15, -0.1) is 0 Å². The Morgan fingerprint density at radius 3 is 2.46 bits per heavy atom. The van der Waals surface area contributed by atoms with Crippen molar-refractivity contribution < 1.29 is 24.2 Å². The summed E-state index contributed by atoms with van der Waals surface area (Å²) in [6, 6.07) is 7.22. The maximum atomic E-state index is 13.1. The number of unbranched alkanes of at least 4 members (excludes halogenated alkanes) is 2. The van der Waals surface area contributed by atoms with Crippen LogP contribution < -0.4 is 10.6 Å². The highest BCUT2D eigenvalue weighted by Crippen LogP contribution is 2.29. The lowest BCUT2D eigenvalue weighted by atomic mass is 9.83. The Labute approximate surface area is 209 Å². The fraction of sp³-hybridized carbons (Fsp3) is 0.679. The molecule has 2 aliphatic rings. The van der Waals surface area contributed by atoms with Gasteiger partial charge in [0.25, 0.3) is 5.91 Å². The van der Waals surface area contributed by atoms with Crippen LogP contribution in [0.1, 0.15) is 99.4 Å². The van der Waals surface area contributed by atoms with E-state index in [9.17, 15) is 14.4 Å². The van der Waals surface area contributed by atoms with E-state index in [2.05, 4.69) is 10.6 Å². The molecule has 35 heavy (non-hydrogen) atoms. The van der Waals surface area contributed by atoms with E-state index in [1.807, 2.05) is 18.2 Å². The average molecular weight is 487 g/mol. The molecule has 7 nitrogen and oxygen atoms in total. The van der Waals surface area contributed by atoms with Gasteiger partial charge in [0.2, 0.25) is 0 Å². The molecule has 0 spiro atoms. The molecule has 1 aromatic rings. The van der Waals surface area contributed by atoms with Gasteiger partial charge in [0.1, 0.15) is 18.8 Å². The van der Waals surface area contributed by atoms with Gasteiger partial charge >= 0.3 is 5.97 Å². The minimum absolute atomic E-state index is 0.0672. The molecule has 1 aromatic carbocycles. The fourth-order valence-corrected chi connectivity index (χ4v) is 5.21. The van der Waals surface area contributed by atoms with Crippen molar-refractivity contribution in [3.05, 3.63) is 35.4 Å². The van der Waals surface area contributed by atoms with E-state index >= 15 is 0 Å². The van der Waals surface area contributed by atoms with Gasteiger partial charge in [0, 0.05) is 25.1 Å². The van der Waals surface area contributed by atoms with E-state index in [-0.39, 0.29) is 29.8 Å². The summed E-state index contributed by atoms with van der Waals surface area (Å²) >= 11 is 0. The van der Waals surface area contributed by atoms with Gasteiger partial charge in [-0.2, -0.15) is 0 Å². The minimum atomic E-state index is -0.398. The number of Topliss-reactive ketones (excluding diaryl/α,β-unsaturated/α-hetero) is 1. The van der Waals surface area contributed by atoms with Crippen LogP contribution >= 0.6 is 0 Å². The second-order valence-corrected chi connectivity index (χ2v) is 10.1. The number of benzene rings is 1. The molecular weight excluding hydrogens is 444 g/mol. The van der Waals surface area contributed by atoms with Gasteiger partial charge in [0.15, 0.2) is 5.78 Å². The van der Waals surface area contributed by atoms with Gasteiger partial charge in [-0.25, -0.2) is 0 Å². The van der Waals surface area contributed by atoms with Crippen molar-refractivity contribution in [1.29, 1.82) is 0 Å². The number of esters is 1. The highest BCUT2D eigenvalue weighted by atomic mass is 16.5. The van der Waals surface area contributed by atoms with Crippen molar-refractivity contribution in [2.45, 2.75) is 102 Å². The predicted octanol–water partition coefficient (Wildman–Crippen LogP) is 4.06. The third-order valence-corrected chi connectivity index (χ3v) is 7.27. The lowest BCUT2D eigenvalue weighted by Gasteiger charge is -2.30. The standard InChI is InChI=1S/C28H42N2O5/c31-20-24(32)14-5-2-8-17-29-27(33)23-13-9-10-21(18-23)19-30-26(22-11-3-1-4-12-22)28(34)35-25-15-6-7-16-25/h9-10,13,18,22,25-26,30-31H,1-8,11-12,14-17,19-20H2,(H,29,33)/t26-/m0/s1. The van der Waals surface area contributed by atoms with E-state index in [1.54, 1.807) is 6.07 Å². The maximum absolute atomic E-state index is 13.1. The summed E-state index contributed by atoms with van der Waals surface area (Å²) in [4.78, 5) is 36.8. The summed E-state index contributed by atoms with van der Waals surface area (Å²) in [6.45, 7) is 0.664. The Bertz CT molecular complexity index is 815. The predicted molar refractivity (Wildman–Crippen MR) is 135 cm³/mol. The summed E-state index contributed by atoms with van der Waals surface area (Å²) in [5.41, 5.74) is 1.57. The number of rotatable bonds is 14. The van der Waals surface area contributed by atoms with Crippen LogP contribution in [0.4, 0.5) is 0 Å². The van der Waals surface area contributed by atoms with Crippen LogP contribution in [0, 0.1) is 5.92 Å². The topological polar surface area (TPSA) is 105 Å². The van der Waals surface area contributed by atoms with Gasteiger partial charge in [-0.3, -0.25) is 14.4 Å². The zero-order valence-corrected chi connectivity index (χ0v) is 20.9. The average Bonchev–Trinajstić information content (AvgIpc) is 3.39. The molecule has 194 valence electrons. The second-order valence-electron chi connectivity index (χ2n) is 10.1. The van der Waals surface area contributed by atoms with E-state index in [0.29, 0.717) is 31.0 Å². The van der Waals surface area contributed by atoms with Crippen LogP contribution in [0.15, 0.2) is 24.3 Å². The number of carbonyl (C=O) groups is 3. The van der Waals surface area contributed by atoms with E-state index in [1.165, 1.54) is 6.42 Å². The second kappa shape index (κ2) is 15.0. The number of aliphatic hydroxyl groups excluding tert-OH is 1. The minimum Gasteiger partial charge on any atom is -0.461 e. The van der Waals surface area contributed by atoms with Gasteiger partial charge in [0.05, 0.1) is 0 Å². The Morgan fingerprint density at radius 2 is 1.71 bits per heavy atom. The molecule has 0 heterocycles. The molecule has 2 fully saturated rings. The summed E-state index contributed by atoms with van der Waals surface area (Å²) in [7, 11) is 0. The summed E-state index contributed by atoms with van der Waals surface area (Å²) in [5.74, 6) is -0.0741. The number of ether oxygens (including phenoxy) is 1. The molecule has 1 amide bonds. The molecule has 2 saturated carbocycles. The van der Waals surface area contributed by atoms with Crippen LogP contribution in [-0.4, -0.2) is 48.1 Å². The molecule has 0 bridgehead atoms. The Balaban J connectivity index is 1.49. The van der Waals surface area contributed by atoms with Crippen LogP contribution in [0.25, 0.3) is 0 Å². The molecule has 0 radical (unpaired) electrons. The zero-order valence-electron chi connectivity index (χ0n) is 20.9. The number of nitrogens with one attached hydrogen (secondary N) is 2. The third-order valence-electron chi connectivity index (χ3n) is 7.27. The molecule has 2 aliphatic carbocycles. The van der Waals surface area contributed by atoms with Gasteiger partial charge < -0.3 is 20.5 Å². The van der Waals surface area contributed by atoms with Gasteiger partial charge in [-0.1, -0.05) is 37.8 Å². The monoisotopic (exact) mass is 486 g/mol. The van der Waals surface area contributed by atoms with Crippen LogP contribution in [-0.2, 0) is 20.9 Å². The Hall–Kier alpha value is -2.25. The van der Waals surface area contributed by atoms with Crippen molar-refractivity contribution in [3.8, 4) is 0 Å². The van der Waals surface area contributed by atoms with Crippen LogP contribution in [0.5, 0.6) is 0 Å². The van der Waals surface area contributed by atoms with Crippen molar-refractivity contribution in [2.24, 2.45) is 5.92 Å². The maximum Gasteiger partial charge on any atom is 0.323 e.